The van der Waals surface area contributed by atoms with Gasteiger partial charge in [0.25, 0.3) is 0 Å². The first-order valence-corrected chi connectivity index (χ1v) is 8.01. The molecule has 0 atom stereocenters. The van der Waals surface area contributed by atoms with Crippen molar-refractivity contribution >= 4 is 21.5 Å². The molecule has 0 aliphatic carbocycles. The minimum atomic E-state index is 0.845. The first-order valence-electron chi connectivity index (χ1n) is 7.22. The Hall–Kier alpha value is -2.13. The SMILES string of the molecule is CC(=CCn1ccnc1)c1ccc(-c2ccccc2Br)cc1. The van der Waals surface area contributed by atoms with Gasteiger partial charge in [0.05, 0.1) is 6.33 Å². The molecule has 0 saturated heterocycles. The highest BCUT2D eigenvalue weighted by atomic mass is 79.9. The molecule has 0 aliphatic heterocycles. The highest BCUT2D eigenvalue weighted by molar-refractivity contribution is 9.10. The van der Waals surface area contributed by atoms with E-state index in [0.717, 1.165) is 11.0 Å². The predicted octanol–water partition coefficient (Wildman–Crippen LogP) is 5.42. The quantitative estimate of drug-likeness (QED) is 0.613. The van der Waals surface area contributed by atoms with Gasteiger partial charge in [0, 0.05) is 23.4 Å². The molecule has 0 fully saturated rings. The van der Waals surface area contributed by atoms with Crippen molar-refractivity contribution in [2.75, 3.05) is 0 Å². The van der Waals surface area contributed by atoms with Crippen LogP contribution in [0.15, 0.2) is 77.8 Å². The van der Waals surface area contributed by atoms with E-state index in [1.165, 1.54) is 22.3 Å². The molecular weight excluding hydrogens is 336 g/mol. The molecule has 2 nitrogen and oxygen atoms in total. The maximum Gasteiger partial charge on any atom is 0.0948 e. The third-order valence-electron chi connectivity index (χ3n) is 3.69. The molecule has 0 amide bonds. The average Bonchev–Trinajstić information content (AvgIpc) is 3.07. The van der Waals surface area contributed by atoms with Crippen LogP contribution in [0.2, 0.25) is 0 Å². The lowest BCUT2D eigenvalue weighted by molar-refractivity contribution is 0.821. The van der Waals surface area contributed by atoms with Crippen molar-refractivity contribution in [3.05, 3.63) is 83.4 Å². The van der Waals surface area contributed by atoms with Crippen molar-refractivity contribution in [3.63, 3.8) is 0 Å². The van der Waals surface area contributed by atoms with Gasteiger partial charge in [-0.3, -0.25) is 0 Å². The smallest absolute Gasteiger partial charge is 0.0948 e. The number of rotatable bonds is 4. The van der Waals surface area contributed by atoms with Gasteiger partial charge in [-0.2, -0.15) is 0 Å². The molecule has 0 bridgehead atoms. The van der Waals surface area contributed by atoms with E-state index < -0.39 is 0 Å². The number of aromatic nitrogens is 2. The number of allylic oxidation sites excluding steroid dienone is 2. The summed E-state index contributed by atoms with van der Waals surface area (Å²) in [7, 11) is 0. The van der Waals surface area contributed by atoms with Crippen LogP contribution in [0.25, 0.3) is 16.7 Å². The summed E-state index contributed by atoms with van der Waals surface area (Å²) in [4.78, 5) is 4.06. The Morgan fingerprint density at radius 2 is 1.91 bits per heavy atom. The van der Waals surface area contributed by atoms with Gasteiger partial charge in [-0.15, -0.1) is 0 Å². The Kier molecular flexibility index (Phi) is 4.54. The summed E-state index contributed by atoms with van der Waals surface area (Å²) in [6, 6.07) is 17.0. The third-order valence-corrected chi connectivity index (χ3v) is 4.38. The monoisotopic (exact) mass is 352 g/mol. The summed E-state index contributed by atoms with van der Waals surface area (Å²) in [6.45, 7) is 2.99. The van der Waals surface area contributed by atoms with Gasteiger partial charge in [-0.05, 0) is 35.3 Å². The standard InChI is InChI=1S/C19H17BrN2/c1-15(10-12-22-13-11-21-14-22)16-6-8-17(9-7-16)18-4-2-3-5-19(18)20/h2-11,13-14H,12H2,1H3. The molecule has 3 heteroatoms. The number of hydrogen-bond donors (Lipinski definition) is 0. The Morgan fingerprint density at radius 1 is 1.14 bits per heavy atom. The van der Waals surface area contributed by atoms with Crippen LogP contribution in [-0.2, 0) is 6.54 Å². The van der Waals surface area contributed by atoms with Gasteiger partial charge >= 0.3 is 0 Å². The Bertz CT molecular complexity index is 771. The van der Waals surface area contributed by atoms with E-state index in [9.17, 15) is 0 Å². The zero-order valence-corrected chi connectivity index (χ0v) is 14.0. The van der Waals surface area contributed by atoms with Crippen LogP contribution < -0.4 is 0 Å². The number of halogens is 1. The van der Waals surface area contributed by atoms with Crippen LogP contribution in [0.1, 0.15) is 12.5 Å². The second-order valence-electron chi connectivity index (χ2n) is 5.20. The molecule has 3 rings (SSSR count). The normalized spacial score (nSPS) is 11.6. The van der Waals surface area contributed by atoms with Crippen LogP contribution in [0.5, 0.6) is 0 Å². The van der Waals surface area contributed by atoms with Crippen LogP contribution >= 0.6 is 15.9 Å². The molecule has 1 aromatic heterocycles. The van der Waals surface area contributed by atoms with Crippen molar-refractivity contribution in [3.8, 4) is 11.1 Å². The second-order valence-corrected chi connectivity index (χ2v) is 6.06. The van der Waals surface area contributed by atoms with E-state index >= 15 is 0 Å². The van der Waals surface area contributed by atoms with E-state index in [-0.39, 0.29) is 0 Å². The molecule has 2 aromatic carbocycles. The number of imidazole rings is 1. The summed E-state index contributed by atoms with van der Waals surface area (Å²) >= 11 is 3.61. The van der Waals surface area contributed by atoms with E-state index in [2.05, 4.69) is 80.9 Å². The molecule has 0 unspecified atom stereocenters. The fraction of sp³-hybridized carbons (Fsp3) is 0.105. The average molecular weight is 353 g/mol. The van der Waals surface area contributed by atoms with Crippen LogP contribution in [-0.4, -0.2) is 9.55 Å². The molecular formula is C19H17BrN2. The van der Waals surface area contributed by atoms with E-state index in [1.54, 1.807) is 6.20 Å². The lowest BCUT2D eigenvalue weighted by Crippen LogP contribution is -1.91. The summed E-state index contributed by atoms with van der Waals surface area (Å²) in [5.41, 5.74) is 4.95. The molecule has 0 radical (unpaired) electrons. The molecule has 0 N–H and O–H groups in total. The predicted molar refractivity (Wildman–Crippen MR) is 95.5 cm³/mol. The maximum atomic E-state index is 4.06. The molecule has 0 spiro atoms. The number of benzene rings is 2. The van der Waals surface area contributed by atoms with Gasteiger partial charge < -0.3 is 4.57 Å². The van der Waals surface area contributed by atoms with E-state index in [1.807, 2.05) is 18.6 Å². The Balaban J connectivity index is 1.79. The van der Waals surface area contributed by atoms with Crippen molar-refractivity contribution in [2.24, 2.45) is 0 Å². The van der Waals surface area contributed by atoms with Crippen molar-refractivity contribution in [2.45, 2.75) is 13.5 Å². The van der Waals surface area contributed by atoms with Crippen molar-refractivity contribution < 1.29 is 0 Å². The molecule has 22 heavy (non-hydrogen) atoms. The zero-order valence-electron chi connectivity index (χ0n) is 12.4. The van der Waals surface area contributed by atoms with Gasteiger partial charge in [0.2, 0.25) is 0 Å². The highest BCUT2D eigenvalue weighted by Gasteiger charge is 2.02. The van der Waals surface area contributed by atoms with E-state index in [0.29, 0.717) is 0 Å². The van der Waals surface area contributed by atoms with Gasteiger partial charge in [-0.1, -0.05) is 64.5 Å². The molecule has 0 saturated carbocycles. The fourth-order valence-electron chi connectivity index (χ4n) is 2.36. The Morgan fingerprint density at radius 3 is 2.59 bits per heavy atom. The molecule has 110 valence electrons. The Labute approximate surface area is 139 Å². The highest BCUT2D eigenvalue weighted by Crippen LogP contribution is 2.28. The minimum absolute atomic E-state index is 0.845. The lowest BCUT2D eigenvalue weighted by Gasteiger charge is -2.07. The van der Waals surface area contributed by atoms with Gasteiger partial charge in [0.15, 0.2) is 0 Å². The maximum absolute atomic E-state index is 4.06. The van der Waals surface area contributed by atoms with E-state index in [4.69, 9.17) is 0 Å². The summed E-state index contributed by atoms with van der Waals surface area (Å²) < 4.78 is 3.17. The van der Waals surface area contributed by atoms with Gasteiger partial charge in [-0.25, -0.2) is 4.98 Å². The largest absolute Gasteiger partial charge is 0.334 e. The topological polar surface area (TPSA) is 17.8 Å². The summed E-state index contributed by atoms with van der Waals surface area (Å²) in [5, 5.41) is 0. The van der Waals surface area contributed by atoms with Crippen LogP contribution in [0, 0.1) is 0 Å². The van der Waals surface area contributed by atoms with Crippen LogP contribution in [0.3, 0.4) is 0 Å². The second kappa shape index (κ2) is 6.75. The number of hydrogen-bond acceptors (Lipinski definition) is 1. The first-order chi connectivity index (χ1) is 10.7. The zero-order chi connectivity index (χ0) is 15.4. The lowest BCUT2D eigenvalue weighted by atomic mass is 10.0. The fourth-order valence-corrected chi connectivity index (χ4v) is 2.88. The van der Waals surface area contributed by atoms with Crippen LogP contribution in [0.4, 0.5) is 0 Å². The minimum Gasteiger partial charge on any atom is -0.334 e. The molecule has 0 aliphatic rings. The molecule has 3 aromatic rings. The third kappa shape index (κ3) is 3.37. The molecule has 1 heterocycles. The summed E-state index contributed by atoms with van der Waals surface area (Å²) in [5.74, 6) is 0. The summed E-state index contributed by atoms with van der Waals surface area (Å²) in [6.07, 6.45) is 7.82. The van der Waals surface area contributed by atoms with Crippen molar-refractivity contribution in [1.82, 2.24) is 9.55 Å². The van der Waals surface area contributed by atoms with Crippen molar-refractivity contribution in [1.29, 1.82) is 0 Å². The first kappa shape index (κ1) is 14.8. The number of nitrogens with zero attached hydrogens (tertiary/aromatic N) is 2. The van der Waals surface area contributed by atoms with Gasteiger partial charge in [0.1, 0.15) is 0 Å².